The van der Waals surface area contributed by atoms with E-state index in [2.05, 4.69) is 0 Å². The standard InChI is InChI=1S/C21H23N3O6S2/c1-22-12-18(20(25)23(2)21(22)26)32(27,28)24-8-7-13-10-15(29-3)16(30-4)11-14(13)19(24)17-6-5-9-31-17/h5-6,9-12,19H,7-8H2,1-4H3. The lowest BCUT2D eigenvalue weighted by atomic mass is 9.92. The highest BCUT2D eigenvalue weighted by Gasteiger charge is 2.40. The molecular formula is C21H23N3O6S2. The molecule has 32 heavy (non-hydrogen) atoms. The largest absolute Gasteiger partial charge is 0.493 e. The first-order chi connectivity index (χ1) is 15.2. The molecule has 2 aromatic heterocycles. The molecule has 1 atom stereocenters. The molecule has 3 aromatic rings. The van der Waals surface area contributed by atoms with Crippen molar-refractivity contribution >= 4 is 21.4 Å². The maximum atomic E-state index is 13.8. The van der Waals surface area contributed by atoms with Gasteiger partial charge in [0.15, 0.2) is 16.4 Å². The topological polar surface area (TPSA) is 99.8 Å². The van der Waals surface area contributed by atoms with Crippen molar-refractivity contribution in [1.29, 1.82) is 0 Å². The Labute approximate surface area is 189 Å². The van der Waals surface area contributed by atoms with E-state index in [1.54, 1.807) is 13.2 Å². The van der Waals surface area contributed by atoms with Crippen molar-refractivity contribution < 1.29 is 17.9 Å². The van der Waals surface area contributed by atoms with Crippen molar-refractivity contribution in [1.82, 2.24) is 13.4 Å². The summed E-state index contributed by atoms with van der Waals surface area (Å²) in [7, 11) is 1.53. The van der Waals surface area contributed by atoms with Gasteiger partial charge in [-0.1, -0.05) is 6.07 Å². The van der Waals surface area contributed by atoms with E-state index < -0.39 is 32.2 Å². The van der Waals surface area contributed by atoms with Crippen LogP contribution < -0.4 is 20.7 Å². The lowest BCUT2D eigenvalue weighted by Gasteiger charge is -2.36. The Morgan fingerprint density at radius 2 is 1.78 bits per heavy atom. The van der Waals surface area contributed by atoms with Crippen LogP contribution in [0.2, 0.25) is 0 Å². The molecule has 0 bridgehead atoms. The number of rotatable bonds is 5. The molecule has 0 N–H and O–H groups in total. The second-order valence-corrected chi connectivity index (χ2v) is 10.3. The van der Waals surface area contributed by atoms with Crippen molar-refractivity contribution in [3.63, 3.8) is 0 Å². The second kappa shape index (κ2) is 8.23. The number of hydrogen-bond donors (Lipinski definition) is 0. The van der Waals surface area contributed by atoms with E-state index in [0.717, 1.165) is 31.3 Å². The second-order valence-electron chi connectivity index (χ2n) is 7.44. The number of thiophene rings is 1. The number of ether oxygens (including phenoxy) is 2. The number of methoxy groups -OCH3 is 2. The Kier molecular flexibility index (Phi) is 5.74. The first kappa shape index (κ1) is 22.3. The zero-order valence-corrected chi connectivity index (χ0v) is 19.7. The highest BCUT2D eigenvalue weighted by molar-refractivity contribution is 7.89. The van der Waals surface area contributed by atoms with Crippen LogP contribution >= 0.6 is 11.3 Å². The third-order valence-corrected chi connectivity index (χ3v) is 8.42. The predicted octanol–water partition coefficient (Wildman–Crippen LogP) is 1.50. The molecule has 0 aliphatic carbocycles. The number of aromatic nitrogens is 2. The van der Waals surface area contributed by atoms with Crippen molar-refractivity contribution in [2.45, 2.75) is 17.4 Å². The number of benzene rings is 1. The molecule has 0 fully saturated rings. The number of aryl methyl sites for hydroxylation is 1. The van der Waals surface area contributed by atoms with Gasteiger partial charge >= 0.3 is 5.69 Å². The molecule has 1 unspecified atom stereocenters. The van der Waals surface area contributed by atoms with Crippen molar-refractivity contribution in [3.8, 4) is 11.5 Å². The molecule has 0 saturated heterocycles. The molecule has 170 valence electrons. The fourth-order valence-electron chi connectivity index (χ4n) is 4.00. The molecule has 0 amide bonds. The van der Waals surface area contributed by atoms with E-state index in [4.69, 9.17) is 9.47 Å². The summed E-state index contributed by atoms with van der Waals surface area (Å²) in [6.07, 6.45) is 1.53. The van der Waals surface area contributed by atoms with E-state index >= 15 is 0 Å². The summed E-state index contributed by atoms with van der Waals surface area (Å²) in [5, 5.41) is 1.88. The van der Waals surface area contributed by atoms with Gasteiger partial charge in [-0.2, -0.15) is 4.31 Å². The van der Waals surface area contributed by atoms with Gasteiger partial charge in [-0.05, 0) is 41.1 Å². The molecule has 0 saturated carbocycles. The summed E-state index contributed by atoms with van der Waals surface area (Å²) >= 11 is 1.43. The normalized spacial score (nSPS) is 16.6. The molecule has 3 heterocycles. The highest BCUT2D eigenvalue weighted by Crippen LogP contribution is 2.43. The van der Waals surface area contributed by atoms with E-state index in [-0.39, 0.29) is 6.54 Å². The van der Waals surface area contributed by atoms with Crippen LogP contribution in [-0.4, -0.2) is 42.6 Å². The third kappa shape index (κ3) is 3.46. The van der Waals surface area contributed by atoms with Gasteiger partial charge in [0, 0.05) is 31.7 Å². The first-order valence-electron chi connectivity index (χ1n) is 9.77. The van der Waals surface area contributed by atoms with Gasteiger partial charge in [0.1, 0.15) is 0 Å². The average molecular weight is 478 g/mol. The zero-order chi connectivity index (χ0) is 23.2. The fourth-order valence-corrected chi connectivity index (χ4v) is 6.66. The van der Waals surface area contributed by atoms with Gasteiger partial charge in [0.2, 0.25) is 0 Å². The molecule has 11 heteroatoms. The summed E-state index contributed by atoms with van der Waals surface area (Å²) in [5.41, 5.74) is 0.267. The van der Waals surface area contributed by atoms with E-state index in [1.807, 2.05) is 23.6 Å². The maximum absolute atomic E-state index is 13.8. The van der Waals surface area contributed by atoms with Crippen LogP contribution in [0.1, 0.15) is 22.0 Å². The van der Waals surface area contributed by atoms with Crippen molar-refractivity contribution in [3.05, 3.63) is 72.7 Å². The highest BCUT2D eigenvalue weighted by atomic mass is 32.2. The Morgan fingerprint density at radius 3 is 2.41 bits per heavy atom. The number of nitrogens with zero attached hydrogens (tertiary/aromatic N) is 3. The molecular weight excluding hydrogens is 454 g/mol. The molecule has 9 nitrogen and oxygen atoms in total. The van der Waals surface area contributed by atoms with Crippen LogP contribution in [0.25, 0.3) is 0 Å². The molecule has 1 aliphatic rings. The van der Waals surface area contributed by atoms with Crippen LogP contribution in [0.15, 0.2) is 50.3 Å². The Balaban J connectivity index is 1.94. The summed E-state index contributed by atoms with van der Waals surface area (Å²) in [6.45, 7) is 0.166. The first-order valence-corrected chi connectivity index (χ1v) is 12.1. The summed E-state index contributed by atoms with van der Waals surface area (Å²) in [6, 6.07) is 6.72. The van der Waals surface area contributed by atoms with E-state index in [1.165, 1.54) is 36.8 Å². The molecule has 0 radical (unpaired) electrons. The van der Waals surface area contributed by atoms with Crippen LogP contribution in [0.3, 0.4) is 0 Å². The summed E-state index contributed by atoms with van der Waals surface area (Å²) < 4.78 is 41.6. The summed E-state index contributed by atoms with van der Waals surface area (Å²) in [4.78, 5) is 25.2. The Morgan fingerprint density at radius 1 is 1.09 bits per heavy atom. The molecule has 1 aromatic carbocycles. The van der Waals surface area contributed by atoms with Crippen molar-refractivity contribution in [2.24, 2.45) is 14.1 Å². The van der Waals surface area contributed by atoms with Gasteiger partial charge in [-0.25, -0.2) is 13.2 Å². The number of hydrogen-bond acceptors (Lipinski definition) is 7. The van der Waals surface area contributed by atoms with Crippen LogP contribution in [0, 0.1) is 0 Å². The van der Waals surface area contributed by atoms with E-state index in [0.29, 0.717) is 17.9 Å². The minimum atomic E-state index is -4.23. The summed E-state index contributed by atoms with van der Waals surface area (Å²) in [5.74, 6) is 1.06. The maximum Gasteiger partial charge on any atom is 0.330 e. The fraction of sp³-hybridized carbons (Fsp3) is 0.333. The minimum Gasteiger partial charge on any atom is -0.493 e. The molecule has 4 rings (SSSR count). The van der Waals surface area contributed by atoms with E-state index in [9.17, 15) is 18.0 Å². The molecule has 0 spiro atoms. The van der Waals surface area contributed by atoms with Crippen LogP contribution in [-0.2, 0) is 30.5 Å². The van der Waals surface area contributed by atoms with Gasteiger partial charge in [0.05, 0.1) is 20.3 Å². The van der Waals surface area contributed by atoms with Crippen LogP contribution in [0.4, 0.5) is 0 Å². The lowest BCUT2D eigenvalue weighted by Crippen LogP contribution is -2.45. The Hall–Kier alpha value is -2.89. The lowest BCUT2D eigenvalue weighted by molar-refractivity contribution is 0.333. The molecule has 1 aliphatic heterocycles. The monoisotopic (exact) mass is 477 g/mol. The minimum absolute atomic E-state index is 0.166. The Bertz CT molecular complexity index is 1390. The average Bonchev–Trinajstić information content (AvgIpc) is 3.32. The number of fused-ring (bicyclic) bond motifs is 1. The quantitative estimate of drug-likeness (QED) is 0.552. The van der Waals surface area contributed by atoms with Crippen molar-refractivity contribution in [2.75, 3.05) is 20.8 Å². The number of sulfonamides is 1. The smallest absolute Gasteiger partial charge is 0.330 e. The van der Waals surface area contributed by atoms with Gasteiger partial charge in [-0.3, -0.25) is 9.36 Å². The predicted molar refractivity (Wildman–Crippen MR) is 120 cm³/mol. The van der Waals surface area contributed by atoms with Gasteiger partial charge in [0.25, 0.3) is 15.6 Å². The van der Waals surface area contributed by atoms with Gasteiger partial charge in [-0.15, -0.1) is 11.3 Å². The third-order valence-electron chi connectivity index (χ3n) is 5.64. The zero-order valence-electron chi connectivity index (χ0n) is 18.1. The SMILES string of the molecule is COc1cc2c(cc1OC)C(c1cccs1)N(S(=O)(=O)c1cn(C)c(=O)n(C)c1=O)CC2. The van der Waals surface area contributed by atoms with Crippen LogP contribution in [0.5, 0.6) is 11.5 Å². The van der Waals surface area contributed by atoms with Gasteiger partial charge < -0.3 is 14.0 Å².